The molecule has 0 radical (unpaired) electrons. The van der Waals surface area contributed by atoms with Gasteiger partial charge in [0.2, 0.25) is 0 Å². The van der Waals surface area contributed by atoms with Crippen molar-refractivity contribution in [3.8, 4) is 22.8 Å². The SMILES string of the molecule is C(=C\c1ccnc(-c2cc(/C=C/c3ccc(N(c4ccccc4)c4ccccc4)cc3)ccn2)c1)/c1ccc(C(c2ccccc2)c2ccccc2)cc1.O=C(O)c1ccnc(-c2ccccn2)c1.[N-]=C=S.[N-]=C=S.[Ru+2]. The number of nitrogens with zero attached hydrogens (tertiary/aromatic N) is 7. The van der Waals surface area contributed by atoms with Gasteiger partial charge in [-0.3, -0.25) is 19.9 Å². The maximum atomic E-state index is 10.7. The molecule has 76 heavy (non-hydrogen) atoms. The predicted octanol–water partition coefficient (Wildman–Crippen LogP) is 16.3. The van der Waals surface area contributed by atoms with E-state index in [0.717, 1.165) is 50.7 Å². The number of carboxylic acid groups (broad SMARTS) is 1. The first-order chi connectivity index (χ1) is 36.9. The Balaban J connectivity index is 0.000000358. The third kappa shape index (κ3) is 16.5. The molecule has 9 nitrogen and oxygen atoms in total. The molecule has 0 saturated carbocycles. The van der Waals surface area contributed by atoms with Gasteiger partial charge in [0.1, 0.15) is 0 Å². The average Bonchev–Trinajstić information content (AvgIpc) is 3.47. The summed E-state index contributed by atoms with van der Waals surface area (Å²) in [4.78, 5) is 30.5. The monoisotopic (exact) mass is 1110 g/mol. The van der Waals surface area contributed by atoms with E-state index in [9.17, 15) is 4.79 Å². The van der Waals surface area contributed by atoms with Crippen molar-refractivity contribution in [1.82, 2.24) is 19.9 Å². The van der Waals surface area contributed by atoms with Crippen LogP contribution in [-0.2, 0) is 19.5 Å². The van der Waals surface area contributed by atoms with E-state index in [0.29, 0.717) is 11.4 Å². The molecule has 0 amide bonds. The van der Waals surface area contributed by atoms with E-state index >= 15 is 0 Å². The van der Waals surface area contributed by atoms with Gasteiger partial charge in [-0.2, -0.15) is 10.3 Å². The third-order valence-electron chi connectivity index (χ3n) is 11.4. The molecular formula is C64H47N7O2RuS2. The number of carboxylic acids is 1. The van der Waals surface area contributed by atoms with Crippen molar-refractivity contribution in [3.05, 3.63) is 305 Å². The van der Waals surface area contributed by atoms with Crippen LogP contribution in [0.15, 0.2) is 249 Å². The van der Waals surface area contributed by atoms with Crippen molar-refractivity contribution in [2.75, 3.05) is 4.90 Å². The van der Waals surface area contributed by atoms with Crippen LogP contribution >= 0.6 is 24.4 Å². The third-order valence-corrected chi connectivity index (χ3v) is 11.4. The molecule has 0 aliphatic carbocycles. The van der Waals surface area contributed by atoms with Crippen LogP contribution in [0.3, 0.4) is 0 Å². The molecule has 10 aromatic rings. The topological polar surface area (TPSA) is 137 Å². The summed E-state index contributed by atoms with van der Waals surface area (Å²) in [5.41, 5.74) is 14.7. The maximum Gasteiger partial charge on any atom is 2.00 e. The van der Waals surface area contributed by atoms with Gasteiger partial charge in [0.05, 0.1) is 28.3 Å². The molecule has 4 aromatic heterocycles. The first-order valence-electron chi connectivity index (χ1n) is 23.5. The van der Waals surface area contributed by atoms with E-state index in [2.05, 4.69) is 243 Å². The Labute approximate surface area is 466 Å². The summed E-state index contributed by atoms with van der Waals surface area (Å²) in [5, 5.41) is 25.7. The number of anilines is 3. The Hall–Kier alpha value is -9.11. The van der Waals surface area contributed by atoms with Crippen LogP contribution in [0.2, 0.25) is 0 Å². The van der Waals surface area contributed by atoms with Gasteiger partial charge in [0.15, 0.2) is 0 Å². The molecule has 0 aliphatic rings. The Bertz CT molecular complexity index is 3240. The van der Waals surface area contributed by atoms with Crippen molar-refractivity contribution in [3.63, 3.8) is 0 Å². The molecule has 4 heterocycles. The number of rotatable bonds is 13. The maximum absolute atomic E-state index is 10.7. The molecule has 370 valence electrons. The fourth-order valence-electron chi connectivity index (χ4n) is 7.99. The van der Waals surface area contributed by atoms with E-state index in [1.54, 1.807) is 18.3 Å². The summed E-state index contributed by atoms with van der Waals surface area (Å²) in [6.45, 7) is 0. The van der Waals surface area contributed by atoms with Crippen molar-refractivity contribution < 1.29 is 29.4 Å². The second kappa shape index (κ2) is 30.2. The zero-order valence-electron chi connectivity index (χ0n) is 40.7. The van der Waals surface area contributed by atoms with E-state index in [-0.39, 0.29) is 31.0 Å². The van der Waals surface area contributed by atoms with E-state index in [1.165, 1.54) is 45.3 Å². The number of hydrogen-bond donors (Lipinski definition) is 1. The number of isothiocyanates is 2. The minimum Gasteiger partial charge on any atom is -0.753 e. The van der Waals surface area contributed by atoms with Crippen LogP contribution in [0.1, 0.15) is 55.2 Å². The largest absolute Gasteiger partial charge is 2.00 e. The van der Waals surface area contributed by atoms with Crippen LogP contribution in [0, 0.1) is 0 Å². The first kappa shape index (κ1) is 56.2. The van der Waals surface area contributed by atoms with Gasteiger partial charge >= 0.3 is 25.4 Å². The van der Waals surface area contributed by atoms with Crippen molar-refractivity contribution >= 4 is 82.1 Å². The summed E-state index contributed by atoms with van der Waals surface area (Å²) in [6.07, 6.45) is 15.4. The van der Waals surface area contributed by atoms with Crippen LogP contribution in [-0.4, -0.2) is 41.3 Å². The molecule has 0 aliphatic heterocycles. The average molecular weight is 1110 g/mol. The van der Waals surface area contributed by atoms with Crippen molar-refractivity contribution in [2.24, 2.45) is 0 Å². The number of para-hydroxylation sites is 2. The summed E-state index contributed by atoms with van der Waals surface area (Å²) < 4.78 is 0. The predicted molar refractivity (Wildman–Crippen MR) is 313 cm³/mol. The minimum atomic E-state index is -0.963. The van der Waals surface area contributed by atoms with E-state index < -0.39 is 5.97 Å². The first-order valence-corrected chi connectivity index (χ1v) is 24.3. The Morgan fingerprint density at radius 3 is 1.21 bits per heavy atom. The Morgan fingerprint density at radius 1 is 0.421 bits per heavy atom. The van der Waals surface area contributed by atoms with Gasteiger partial charge in [0.25, 0.3) is 0 Å². The molecule has 0 bridgehead atoms. The van der Waals surface area contributed by atoms with Gasteiger partial charge in [-0.05, 0) is 124 Å². The van der Waals surface area contributed by atoms with Crippen molar-refractivity contribution in [1.29, 1.82) is 0 Å². The molecular weight excluding hydrogens is 1060 g/mol. The number of carbonyl (C=O) groups is 1. The summed E-state index contributed by atoms with van der Waals surface area (Å²) in [6, 6.07) is 76.4. The number of benzene rings is 6. The molecule has 0 unspecified atom stereocenters. The molecule has 12 heteroatoms. The number of hydrogen-bond acceptors (Lipinski definition) is 8. The molecule has 0 spiro atoms. The molecule has 1 N–H and O–H groups in total. The summed E-state index contributed by atoms with van der Waals surface area (Å²) in [7, 11) is 0. The van der Waals surface area contributed by atoms with Gasteiger partial charge in [-0.15, -0.1) is 0 Å². The number of aromatic carboxylic acids is 1. The van der Waals surface area contributed by atoms with E-state index in [1.807, 2.05) is 42.7 Å². The quantitative estimate of drug-likeness (QED) is 0.0518. The smallest absolute Gasteiger partial charge is 0.753 e. The second-order valence-corrected chi connectivity index (χ2v) is 16.6. The van der Waals surface area contributed by atoms with Gasteiger partial charge in [0, 0.05) is 47.8 Å². The zero-order chi connectivity index (χ0) is 52.5. The summed E-state index contributed by atoms with van der Waals surface area (Å²) >= 11 is 7.40. The van der Waals surface area contributed by atoms with Gasteiger partial charge < -0.3 is 20.8 Å². The molecule has 10 rings (SSSR count). The standard InChI is InChI=1S/C51H39N3.C11H8N2O2.2CNS.Ru/c1-5-13-43(14-6-1)51(44-15-7-2-8-16-44)45-29-25-39(26-30-45)21-23-41-33-35-52-49(37-41)50-38-42(34-36-53-50)24-22-40-27-31-48(32-28-40)54(46-17-9-3-10-18-46)47-19-11-4-12-20-47;14-11(15)8-4-6-13-10(7-8)9-3-1-2-5-12-9;2*2-1-3;/h1-38,51H;1-7H,(H,14,15);;;/q;;2*-1;+2/b23-21+,24-22+;;;;. The number of thiocarbonyl (C=S) groups is 2. The Morgan fingerprint density at radius 2 is 0.776 bits per heavy atom. The Kier molecular flexibility index (Phi) is 22.3. The summed E-state index contributed by atoms with van der Waals surface area (Å²) in [5.74, 6) is -0.780. The van der Waals surface area contributed by atoms with Crippen LogP contribution in [0.25, 0.3) is 57.9 Å². The van der Waals surface area contributed by atoms with Gasteiger partial charge in [-0.1, -0.05) is 188 Å². The van der Waals surface area contributed by atoms with E-state index in [4.69, 9.17) is 15.9 Å². The number of aromatic nitrogens is 4. The molecule has 0 fully saturated rings. The normalized spacial score (nSPS) is 10.2. The molecule has 0 atom stereocenters. The number of pyridine rings is 4. The second-order valence-electron chi connectivity index (χ2n) is 16.3. The fourth-order valence-corrected chi connectivity index (χ4v) is 7.99. The minimum absolute atomic E-state index is 0. The molecule has 6 aromatic carbocycles. The van der Waals surface area contributed by atoms with Crippen LogP contribution < -0.4 is 4.90 Å². The van der Waals surface area contributed by atoms with Crippen molar-refractivity contribution in [2.45, 2.75) is 5.92 Å². The van der Waals surface area contributed by atoms with Gasteiger partial charge in [-0.25, -0.2) is 4.79 Å². The van der Waals surface area contributed by atoms with Crippen LogP contribution in [0.4, 0.5) is 17.1 Å². The van der Waals surface area contributed by atoms with Crippen LogP contribution in [0.5, 0.6) is 0 Å². The molecule has 0 saturated heterocycles. The fraction of sp³-hybridized carbons (Fsp3) is 0.0156. The zero-order valence-corrected chi connectivity index (χ0v) is 44.1.